The summed E-state index contributed by atoms with van der Waals surface area (Å²) in [5.41, 5.74) is 0.177. The summed E-state index contributed by atoms with van der Waals surface area (Å²) >= 11 is 0. The SMILES string of the molecule is C=CCc1ncc(B2OC(C)(C)C(C)(C)O2)cn1. The van der Waals surface area contributed by atoms with E-state index in [2.05, 4.69) is 16.5 Å². The number of nitrogens with zero attached hydrogens (tertiary/aromatic N) is 2. The quantitative estimate of drug-likeness (QED) is 0.599. The molecule has 4 nitrogen and oxygen atoms in total. The third-order valence-electron chi connectivity index (χ3n) is 3.58. The van der Waals surface area contributed by atoms with Crippen molar-refractivity contribution in [1.29, 1.82) is 0 Å². The first-order valence-electron chi connectivity index (χ1n) is 6.13. The molecule has 1 aliphatic rings. The van der Waals surface area contributed by atoms with E-state index in [1.54, 1.807) is 18.5 Å². The van der Waals surface area contributed by atoms with Crippen molar-refractivity contribution in [2.75, 3.05) is 0 Å². The van der Waals surface area contributed by atoms with Crippen molar-refractivity contribution in [3.63, 3.8) is 0 Å². The fourth-order valence-electron chi connectivity index (χ4n) is 1.70. The van der Waals surface area contributed by atoms with Gasteiger partial charge in [-0.2, -0.15) is 0 Å². The molecule has 0 unspecified atom stereocenters. The average Bonchev–Trinajstić information content (AvgIpc) is 2.50. The molecule has 5 heteroatoms. The Labute approximate surface area is 109 Å². The summed E-state index contributed by atoms with van der Waals surface area (Å²) in [5.74, 6) is 0.755. The molecule has 18 heavy (non-hydrogen) atoms. The van der Waals surface area contributed by atoms with Crippen LogP contribution in [0.15, 0.2) is 25.0 Å². The second-order valence-corrected chi connectivity index (χ2v) is 5.51. The first-order chi connectivity index (χ1) is 8.36. The van der Waals surface area contributed by atoms with Crippen LogP contribution in [0.4, 0.5) is 0 Å². The Balaban J connectivity index is 2.17. The van der Waals surface area contributed by atoms with Gasteiger partial charge < -0.3 is 9.31 Å². The Morgan fingerprint density at radius 1 is 1.17 bits per heavy atom. The van der Waals surface area contributed by atoms with Gasteiger partial charge in [0.05, 0.1) is 11.2 Å². The zero-order valence-corrected chi connectivity index (χ0v) is 11.4. The maximum Gasteiger partial charge on any atom is 0.498 e. The Kier molecular flexibility index (Phi) is 3.30. The molecule has 0 atom stereocenters. The van der Waals surface area contributed by atoms with Crippen LogP contribution in [0.25, 0.3) is 0 Å². The predicted octanol–water partition coefficient (Wildman–Crippen LogP) is 1.50. The lowest BCUT2D eigenvalue weighted by molar-refractivity contribution is 0.00578. The van der Waals surface area contributed by atoms with Gasteiger partial charge in [0.15, 0.2) is 0 Å². The number of hydrogen-bond acceptors (Lipinski definition) is 4. The van der Waals surface area contributed by atoms with E-state index < -0.39 is 7.12 Å². The van der Waals surface area contributed by atoms with Gasteiger partial charge in [-0.25, -0.2) is 9.97 Å². The summed E-state index contributed by atoms with van der Waals surface area (Å²) in [4.78, 5) is 8.53. The molecule has 0 bridgehead atoms. The molecule has 1 saturated heterocycles. The van der Waals surface area contributed by atoms with Gasteiger partial charge in [-0.3, -0.25) is 0 Å². The van der Waals surface area contributed by atoms with Crippen molar-refractivity contribution in [3.8, 4) is 0 Å². The lowest BCUT2D eigenvalue weighted by Crippen LogP contribution is -2.41. The van der Waals surface area contributed by atoms with Crippen molar-refractivity contribution < 1.29 is 9.31 Å². The molecule has 2 heterocycles. The van der Waals surface area contributed by atoms with Crippen LogP contribution in [-0.2, 0) is 15.7 Å². The van der Waals surface area contributed by atoms with Gasteiger partial charge in [0.1, 0.15) is 5.82 Å². The highest BCUT2D eigenvalue weighted by Gasteiger charge is 2.51. The van der Waals surface area contributed by atoms with Crippen molar-refractivity contribution in [2.45, 2.75) is 45.3 Å². The number of allylic oxidation sites excluding steroid dienone is 1. The molecule has 0 saturated carbocycles. The van der Waals surface area contributed by atoms with E-state index in [9.17, 15) is 0 Å². The minimum absolute atomic E-state index is 0.336. The van der Waals surface area contributed by atoms with Crippen LogP contribution >= 0.6 is 0 Å². The van der Waals surface area contributed by atoms with E-state index in [1.807, 2.05) is 27.7 Å². The molecule has 0 amide bonds. The summed E-state index contributed by atoms with van der Waals surface area (Å²) in [6.07, 6.45) is 5.97. The van der Waals surface area contributed by atoms with Crippen LogP contribution < -0.4 is 5.46 Å². The van der Waals surface area contributed by atoms with Gasteiger partial charge >= 0.3 is 7.12 Å². The van der Waals surface area contributed by atoms with Gasteiger partial charge in [-0.05, 0) is 27.7 Å². The highest BCUT2D eigenvalue weighted by atomic mass is 16.7. The van der Waals surface area contributed by atoms with E-state index in [-0.39, 0.29) is 11.2 Å². The molecule has 96 valence electrons. The lowest BCUT2D eigenvalue weighted by Gasteiger charge is -2.32. The Hall–Kier alpha value is -1.20. The van der Waals surface area contributed by atoms with E-state index in [1.165, 1.54) is 0 Å². The molecule has 0 aromatic carbocycles. The minimum atomic E-state index is -0.396. The van der Waals surface area contributed by atoms with Gasteiger partial charge in [0.2, 0.25) is 0 Å². The minimum Gasteiger partial charge on any atom is -0.399 e. The third kappa shape index (κ3) is 2.33. The first-order valence-corrected chi connectivity index (χ1v) is 6.13. The lowest BCUT2D eigenvalue weighted by atomic mass is 9.81. The first kappa shape index (κ1) is 13.2. The fourth-order valence-corrected chi connectivity index (χ4v) is 1.70. The highest BCUT2D eigenvalue weighted by molar-refractivity contribution is 6.61. The van der Waals surface area contributed by atoms with E-state index in [4.69, 9.17) is 9.31 Å². The molecule has 0 radical (unpaired) electrons. The van der Waals surface area contributed by atoms with Gasteiger partial charge in [-0.1, -0.05) is 6.08 Å². The van der Waals surface area contributed by atoms with Crippen molar-refractivity contribution in [1.82, 2.24) is 9.97 Å². The van der Waals surface area contributed by atoms with Crippen LogP contribution in [0.3, 0.4) is 0 Å². The van der Waals surface area contributed by atoms with Crippen molar-refractivity contribution >= 4 is 12.6 Å². The molecule has 1 aliphatic heterocycles. The second kappa shape index (κ2) is 4.48. The van der Waals surface area contributed by atoms with E-state index in [0.29, 0.717) is 6.42 Å². The zero-order chi connectivity index (χ0) is 13.4. The smallest absolute Gasteiger partial charge is 0.399 e. The number of aromatic nitrogens is 2. The Morgan fingerprint density at radius 3 is 2.11 bits per heavy atom. The maximum absolute atomic E-state index is 5.93. The second-order valence-electron chi connectivity index (χ2n) is 5.51. The predicted molar refractivity (Wildman–Crippen MR) is 71.6 cm³/mol. The topological polar surface area (TPSA) is 44.2 Å². The fraction of sp³-hybridized carbons (Fsp3) is 0.538. The third-order valence-corrected chi connectivity index (χ3v) is 3.58. The Bertz CT molecular complexity index is 427. The molecule has 0 aliphatic carbocycles. The average molecular weight is 246 g/mol. The molecule has 1 aromatic rings. The van der Waals surface area contributed by atoms with Crippen LogP contribution in [0, 0.1) is 0 Å². The molecule has 1 aromatic heterocycles. The molecular weight excluding hydrogens is 227 g/mol. The number of rotatable bonds is 3. The molecule has 0 spiro atoms. The van der Waals surface area contributed by atoms with Crippen LogP contribution in [-0.4, -0.2) is 28.3 Å². The molecule has 0 N–H and O–H groups in total. The zero-order valence-electron chi connectivity index (χ0n) is 11.4. The molecule has 2 rings (SSSR count). The van der Waals surface area contributed by atoms with Crippen LogP contribution in [0.5, 0.6) is 0 Å². The molecule has 1 fully saturated rings. The van der Waals surface area contributed by atoms with E-state index >= 15 is 0 Å². The maximum atomic E-state index is 5.93. The van der Waals surface area contributed by atoms with Crippen molar-refractivity contribution in [3.05, 3.63) is 30.9 Å². The number of hydrogen-bond donors (Lipinski definition) is 0. The van der Waals surface area contributed by atoms with Gasteiger partial charge in [0.25, 0.3) is 0 Å². The summed E-state index contributed by atoms with van der Waals surface area (Å²) in [5, 5.41) is 0. The van der Waals surface area contributed by atoms with Crippen molar-refractivity contribution in [2.24, 2.45) is 0 Å². The summed E-state index contributed by atoms with van der Waals surface area (Å²) in [7, 11) is -0.396. The van der Waals surface area contributed by atoms with E-state index in [0.717, 1.165) is 11.3 Å². The van der Waals surface area contributed by atoms with Crippen LogP contribution in [0.2, 0.25) is 0 Å². The van der Waals surface area contributed by atoms with Crippen LogP contribution in [0.1, 0.15) is 33.5 Å². The Morgan fingerprint density at radius 2 is 1.67 bits per heavy atom. The monoisotopic (exact) mass is 246 g/mol. The largest absolute Gasteiger partial charge is 0.498 e. The highest BCUT2D eigenvalue weighted by Crippen LogP contribution is 2.36. The summed E-state index contributed by atoms with van der Waals surface area (Å²) in [6, 6.07) is 0. The van der Waals surface area contributed by atoms with Gasteiger partial charge in [0, 0.05) is 24.3 Å². The normalized spacial score (nSPS) is 21.0. The summed E-state index contributed by atoms with van der Waals surface area (Å²) in [6.45, 7) is 11.8. The van der Waals surface area contributed by atoms with Gasteiger partial charge in [-0.15, -0.1) is 6.58 Å². The summed E-state index contributed by atoms with van der Waals surface area (Å²) < 4.78 is 11.9. The standard InChI is InChI=1S/C13H19BN2O2/c1-6-7-11-15-8-10(9-16-11)14-17-12(2,3)13(4,5)18-14/h6,8-9H,1,7H2,2-5H3. The molecular formula is C13H19BN2O2.